The van der Waals surface area contributed by atoms with Crippen molar-refractivity contribution in [3.63, 3.8) is 0 Å². The average molecular weight is 497 g/mol. The number of aromatic nitrogens is 4. The van der Waals surface area contributed by atoms with E-state index in [1.54, 1.807) is 29.2 Å². The molecule has 0 atom stereocenters. The van der Waals surface area contributed by atoms with Crippen molar-refractivity contribution in [1.29, 1.82) is 0 Å². The van der Waals surface area contributed by atoms with Gasteiger partial charge in [-0.05, 0) is 40.3 Å². The van der Waals surface area contributed by atoms with Crippen LogP contribution in [0.3, 0.4) is 0 Å². The van der Waals surface area contributed by atoms with E-state index in [4.69, 9.17) is 34.8 Å². The first-order chi connectivity index (χ1) is 11.4. The standard InChI is InChI=1S/C14H9Cl3IN5O/c15-8-2-1-7(9(16)3-8)5-23-6-10(17)13(22-23)20-14(24)12-11(18)4-19-21-12/h1-4,6H,5H2,(H,19,21)(H,20,22,24). The molecule has 0 bridgehead atoms. The summed E-state index contributed by atoms with van der Waals surface area (Å²) in [5.74, 6) is -0.106. The normalized spacial score (nSPS) is 10.8. The van der Waals surface area contributed by atoms with Crippen LogP contribution in [0.1, 0.15) is 16.1 Å². The quantitative estimate of drug-likeness (QED) is 0.524. The number of anilines is 1. The number of H-pyrrole nitrogens is 1. The first-order valence-corrected chi connectivity index (χ1v) is 8.82. The summed E-state index contributed by atoms with van der Waals surface area (Å²) in [5, 5.41) is 14.8. The fourth-order valence-electron chi connectivity index (χ4n) is 1.99. The minimum absolute atomic E-state index is 0.261. The van der Waals surface area contributed by atoms with Gasteiger partial charge in [-0.1, -0.05) is 40.9 Å². The maximum absolute atomic E-state index is 12.2. The van der Waals surface area contributed by atoms with Crippen molar-refractivity contribution >= 4 is 69.1 Å². The minimum atomic E-state index is -0.367. The molecule has 2 heterocycles. The van der Waals surface area contributed by atoms with Crippen molar-refractivity contribution in [2.75, 3.05) is 5.32 Å². The van der Waals surface area contributed by atoms with Crippen LogP contribution in [-0.4, -0.2) is 25.9 Å². The van der Waals surface area contributed by atoms with Crippen molar-refractivity contribution < 1.29 is 4.79 Å². The van der Waals surface area contributed by atoms with Gasteiger partial charge in [0.05, 0.1) is 16.3 Å². The van der Waals surface area contributed by atoms with Crippen LogP contribution in [0.15, 0.2) is 30.6 Å². The molecule has 0 aliphatic rings. The number of carbonyl (C=O) groups is 1. The second-order valence-corrected chi connectivity index (χ2v) is 7.22. The van der Waals surface area contributed by atoms with Gasteiger partial charge in [-0.15, -0.1) is 0 Å². The van der Waals surface area contributed by atoms with Gasteiger partial charge in [-0.2, -0.15) is 10.2 Å². The molecule has 0 spiro atoms. The van der Waals surface area contributed by atoms with E-state index in [-0.39, 0.29) is 11.7 Å². The van der Waals surface area contributed by atoms with E-state index in [1.165, 1.54) is 0 Å². The Morgan fingerprint density at radius 1 is 1.29 bits per heavy atom. The minimum Gasteiger partial charge on any atom is -0.302 e. The molecule has 2 aromatic heterocycles. The van der Waals surface area contributed by atoms with E-state index in [0.717, 1.165) is 5.56 Å². The van der Waals surface area contributed by atoms with Gasteiger partial charge in [0, 0.05) is 16.2 Å². The molecule has 1 amide bonds. The third kappa shape index (κ3) is 3.85. The molecule has 0 fully saturated rings. The van der Waals surface area contributed by atoms with Gasteiger partial charge in [-0.3, -0.25) is 14.6 Å². The number of hydrogen-bond donors (Lipinski definition) is 2. The van der Waals surface area contributed by atoms with Crippen LogP contribution in [0.2, 0.25) is 15.1 Å². The summed E-state index contributed by atoms with van der Waals surface area (Å²) in [4.78, 5) is 12.2. The number of carbonyl (C=O) groups excluding carboxylic acids is 1. The van der Waals surface area contributed by atoms with Crippen molar-refractivity contribution in [3.8, 4) is 0 Å². The van der Waals surface area contributed by atoms with Crippen molar-refractivity contribution in [2.45, 2.75) is 6.54 Å². The molecule has 3 rings (SSSR count). The van der Waals surface area contributed by atoms with Gasteiger partial charge < -0.3 is 5.32 Å². The Morgan fingerprint density at radius 2 is 2.08 bits per heavy atom. The van der Waals surface area contributed by atoms with Crippen LogP contribution in [-0.2, 0) is 6.54 Å². The molecule has 0 aliphatic heterocycles. The highest BCUT2D eigenvalue weighted by atomic mass is 127. The van der Waals surface area contributed by atoms with E-state index >= 15 is 0 Å². The summed E-state index contributed by atoms with van der Waals surface area (Å²) in [6, 6.07) is 5.22. The van der Waals surface area contributed by atoms with Crippen molar-refractivity contribution in [2.24, 2.45) is 0 Å². The van der Waals surface area contributed by atoms with E-state index in [9.17, 15) is 4.79 Å². The number of nitrogens with zero attached hydrogens (tertiary/aromatic N) is 3. The van der Waals surface area contributed by atoms with Crippen LogP contribution in [0.4, 0.5) is 5.82 Å². The molecule has 124 valence electrons. The molecular formula is C14H9Cl3IN5O. The van der Waals surface area contributed by atoms with Gasteiger partial charge >= 0.3 is 0 Å². The Labute approximate surface area is 165 Å². The summed E-state index contributed by atoms with van der Waals surface area (Å²) < 4.78 is 2.29. The Balaban J connectivity index is 1.78. The predicted molar refractivity (Wildman–Crippen MR) is 102 cm³/mol. The lowest BCUT2D eigenvalue weighted by molar-refractivity contribution is 0.102. The number of benzene rings is 1. The number of aromatic amines is 1. The van der Waals surface area contributed by atoms with Crippen LogP contribution in [0.25, 0.3) is 0 Å². The van der Waals surface area contributed by atoms with Crippen molar-refractivity contribution in [1.82, 2.24) is 20.0 Å². The lowest BCUT2D eigenvalue weighted by Gasteiger charge is -2.05. The highest BCUT2D eigenvalue weighted by molar-refractivity contribution is 14.1. The molecule has 6 nitrogen and oxygen atoms in total. The number of nitrogens with one attached hydrogen (secondary N) is 2. The fraction of sp³-hybridized carbons (Fsp3) is 0.0714. The van der Waals surface area contributed by atoms with Gasteiger partial charge in [-0.25, -0.2) is 0 Å². The Kier molecular flexibility index (Phi) is 5.33. The number of amides is 1. The molecule has 24 heavy (non-hydrogen) atoms. The molecule has 0 saturated carbocycles. The summed E-state index contributed by atoms with van der Waals surface area (Å²) in [7, 11) is 0. The van der Waals surface area contributed by atoms with Crippen LogP contribution < -0.4 is 5.32 Å². The maximum atomic E-state index is 12.2. The van der Waals surface area contributed by atoms with Crippen LogP contribution in [0.5, 0.6) is 0 Å². The zero-order chi connectivity index (χ0) is 17.3. The lowest BCUT2D eigenvalue weighted by Crippen LogP contribution is -2.14. The number of halogens is 4. The van der Waals surface area contributed by atoms with Gasteiger partial charge in [0.1, 0.15) is 10.7 Å². The molecule has 0 aliphatic carbocycles. The largest absolute Gasteiger partial charge is 0.302 e. The average Bonchev–Trinajstić information content (AvgIpc) is 3.08. The molecule has 0 radical (unpaired) electrons. The second kappa shape index (κ2) is 7.30. The summed E-state index contributed by atoms with van der Waals surface area (Å²) in [6.45, 7) is 0.396. The van der Waals surface area contributed by atoms with Crippen LogP contribution in [0, 0.1) is 3.57 Å². The number of hydrogen-bond acceptors (Lipinski definition) is 3. The fourth-order valence-corrected chi connectivity index (χ4v) is 3.16. The molecule has 10 heteroatoms. The van der Waals surface area contributed by atoms with E-state index in [2.05, 4.69) is 20.6 Å². The second-order valence-electron chi connectivity index (χ2n) is 4.81. The maximum Gasteiger partial charge on any atom is 0.276 e. The highest BCUT2D eigenvalue weighted by Gasteiger charge is 2.16. The number of rotatable bonds is 4. The summed E-state index contributed by atoms with van der Waals surface area (Å²) in [5.41, 5.74) is 1.18. The van der Waals surface area contributed by atoms with Crippen molar-refractivity contribution in [3.05, 3.63) is 60.5 Å². The third-order valence-corrected chi connectivity index (χ3v) is 4.80. The first kappa shape index (κ1) is 17.5. The monoisotopic (exact) mass is 495 g/mol. The third-order valence-electron chi connectivity index (χ3n) is 3.12. The Morgan fingerprint density at radius 3 is 2.75 bits per heavy atom. The zero-order valence-electron chi connectivity index (χ0n) is 11.9. The molecule has 2 N–H and O–H groups in total. The molecule has 1 aromatic carbocycles. The molecule has 3 aromatic rings. The molecule has 0 saturated heterocycles. The Hall–Kier alpha value is -1.29. The predicted octanol–water partition coefficient (Wildman–Crippen LogP) is 4.47. The van der Waals surface area contributed by atoms with Gasteiger partial charge in [0.25, 0.3) is 5.91 Å². The molecular weight excluding hydrogens is 487 g/mol. The lowest BCUT2D eigenvalue weighted by atomic mass is 10.2. The Bertz CT molecular complexity index is 908. The van der Waals surface area contributed by atoms with Crippen LogP contribution >= 0.6 is 57.4 Å². The summed E-state index contributed by atoms with van der Waals surface area (Å²) >= 11 is 20.2. The van der Waals surface area contributed by atoms with E-state index in [1.807, 2.05) is 28.7 Å². The van der Waals surface area contributed by atoms with E-state index in [0.29, 0.717) is 30.9 Å². The van der Waals surface area contributed by atoms with E-state index < -0.39 is 0 Å². The first-order valence-electron chi connectivity index (χ1n) is 6.61. The van der Waals surface area contributed by atoms with Gasteiger partial charge in [0.2, 0.25) is 0 Å². The topological polar surface area (TPSA) is 75.6 Å². The zero-order valence-corrected chi connectivity index (χ0v) is 16.3. The molecule has 0 unspecified atom stereocenters. The smallest absolute Gasteiger partial charge is 0.276 e. The summed E-state index contributed by atoms with van der Waals surface area (Å²) in [6.07, 6.45) is 3.16. The SMILES string of the molecule is O=C(Nc1nn(Cc2ccc(Cl)cc2Cl)cc1Cl)c1[nH]ncc1I. The van der Waals surface area contributed by atoms with Gasteiger partial charge in [0.15, 0.2) is 5.82 Å². The highest BCUT2D eigenvalue weighted by Crippen LogP contribution is 2.24.